The van der Waals surface area contributed by atoms with Gasteiger partial charge in [-0.3, -0.25) is 9.59 Å². The lowest BCUT2D eigenvalue weighted by molar-refractivity contribution is -0.112. The second kappa shape index (κ2) is 8.02. The molecule has 0 bridgehead atoms. The van der Waals surface area contributed by atoms with Gasteiger partial charge in [-0.15, -0.1) is 0 Å². The lowest BCUT2D eigenvalue weighted by atomic mass is 9.79. The third-order valence-electron chi connectivity index (χ3n) is 4.87. The zero-order valence-electron chi connectivity index (χ0n) is 16.9. The molecule has 0 atom stereocenters. The minimum atomic E-state index is -0.768. The van der Waals surface area contributed by atoms with Crippen LogP contribution < -0.4 is 4.74 Å². The molecule has 2 aromatic rings. The molecule has 2 N–H and O–H groups in total. The van der Waals surface area contributed by atoms with E-state index in [2.05, 4.69) is 0 Å². The van der Waals surface area contributed by atoms with E-state index < -0.39 is 23.0 Å². The van der Waals surface area contributed by atoms with Crippen LogP contribution in [0, 0.1) is 5.41 Å². The van der Waals surface area contributed by atoms with Crippen LogP contribution in [0.15, 0.2) is 48.0 Å². The lowest BCUT2D eigenvalue weighted by Crippen LogP contribution is -2.29. The highest BCUT2D eigenvalue weighted by Gasteiger charge is 2.36. The third-order valence-corrected chi connectivity index (χ3v) is 4.87. The summed E-state index contributed by atoms with van der Waals surface area (Å²) in [4.78, 5) is 37.3. The maximum absolute atomic E-state index is 12.5. The summed E-state index contributed by atoms with van der Waals surface area (Å²) in [5, 5.41) is 20.5. The van der Waals surface area contributed by atoms with E-state index in [1.54, 1.807) is 32.0 Å². The van der Waals surface area contributed by atoms with Gasteiger partial charge in [0, 0.05) is 22.1 Å². The van der Waals surface area contributed by atoms with Crippen LogP contribution in [0.1, 0.15) is 46.5 Å². The van der Waals surface area contributed by atoms with Gasteiger partial charge in [-0.2, -0.15) is 0 Å². The van der Waals surface area contributed by atoms with E-state index in [1.807, 2.05) is 0 Å². The second-order valence-corrected chi connectivity index (χ2v) is 7.83. The van der Waals surface area contributed by atoms with Crippen LogP contribution in [0.3, 0.4) is 0 Å². The Hall–Kier alpha value is -3.61. The Labute approximate surface area is 173 Å². The van der Waals surface area contributed by atoms with E-state index in [-0.39, 0.29) is 41.2 Å². The van der Waals surface area contributed by atoms with Gasteiger partial charge in [0.2, 0.25) is 11.6 Å². The molecule has 156 valence electrons. The second-order valence-electron chi connectivity index (χ2n) is 7.83. The van der Waals surface area contributed by atoms with E-state index >= 15 is 0 Å². The summed E-state index contributed by atoms with van der Waals surface area (Å²) in [5.74, 6) is -2.29. The van der Waals surface area contributed by atoms with Crippen LogP contribution in [0.5, 0.6) is 11.5 Å². The third kappa shape index (κ3) is 4.05. The Kier molecular flexibility index (Phi) is 5.64. The number of phenols is 1. The van der Waals surface area contributed by atoms with Gasteiger partial charge >= 0.3 is 5.97 Å². The molecule has 0 saturated carbocycles. The summed E-state index contributed by atoms with van der Waals surface area (Å²) < 4.78 is 10.4. The van der Waals surface area contributed by atoms with Crippen molar-refractivity contribution in [2.24, 2.45) is 5.41 Å². The Morgan fingerprint density at radius 1 is 1.00 bits per heavy atom. The lowest BCUT2D eigenvalue weighted by Gasteiger charge is -2.27. The van der Waals surface area contributed by atoms with E-state index in [0.717, 1.165) is 0 Å². The largest absolute Gasteiger partial charge is 0.507 e. The molecule has 7 heteroatoms. The predicted molar refractivity (Wildman–Crippen MR) is 109 cm³/mol. The van der Waals surface area contributed by atoms with Crippen molar-refractivity contribution >= 4 is 23.3 Å². The fourth-order valence-electron chi connectivity index (χ4n) is 3.25. The number of esters is 1. The van der Waals surface area contributed by atoms with E-state index in [1.165, 1.54) is 31.4 Å². The number of aromatic hydroxyl groups is 1. The van der Waals surface area contributed by atoms with Crippen molar-refractivity contribution in [3.8, 4) is 11.5 Å². The minimum Gasteiger partial charge on any atom is -0.507 e. The van der Waals surface area contributed by atoms with Crippen LogP contribution in [0.2, 0.25) is 0 Å². The van der Waals surface area contributed by atoms with Crippen molar-refractivity contribution in [2.45, 2.75) is 20.3 Å². The number of allylic oxidation sites excluding steroid dienone is 1. The molecule has 1 aliphatic carbocycles. The van der Waals surface area contributed by atoms with Crippen LogP contribution in [0.4, 0.5) is 0 Å². The van der Waals surface area contributed by atoms with Crippen LogP contribution in [-0.4, -0.2) is 41.5 Å². The maximum Gasteiger partial charge on any atom is 0.342 e. The molecule has 0 fully saturated rings. The monoisotopic (exact) mass is 410 g/mol. The molecule has 0 saturated heterocycles. The Morgan fingerprint density at radius 3 is 2.33 bits per heavy atom. The molecular formula is C23H22O7. The van der Waals surface area contributed by atoms with Crippen LogP contribution in [-0.2, 0) is 9.53 Å². The molecular weight excluding hydrogens is 388 g/mol. The molecule has 0 radical (unpaired) electrons. The highest BCUT2D eigenvalue weighted by molar-refractivity contribution is 6.52. The molecule has 30 heavy (non-hydrogen) atoms. The maximum atomic E-state index is 12.5. The van der Waals surface area contributed by atoms with E-state index in [4.69, 9.17) is 9.47 Å². The summed E-state index contributed by atoms with van der Waals surface area (Å²) in [5.41, 5.74) is -0.350. The van der Waals surface area contributed by atoms with Crippen molar-refractivity contribution in [3.05, 3.63) is 64.7 Å². The number of phenolic OH excluding ortho intramolecular Hbond substituents is 1. The number of carbonyl (C=O) groups excluding carboxylic acids is 3. The molecule has 0 amide bonds. The van der Waals surface area contributed by atoms with Gasteiger partial charge in [0.05, 0.1) is 13.7 Å². The van der Waals surface area contributed by atoms with Crippen molar-refractivity contribution in [1.82, 2.24) is 0 Å². The average Bonchev–Trinajstić information content (AvgIpc) is 2.74. The number of methoxy groups -OCH3 is 1. The number of rotatable bonds is 6. The van der Waals surface area contributed by atoms with Crippen molar-refractivity contribution in [3.63, 3.8) is 0 Å². The highest BCUT2D eigenvalue weighted by atomic mass is 16.5. The first-order chi connectivity index (χ1) is 14.1. The normalized spacial score (nSPS) is 13.8. The quantitative estimate of drug-likeness (QED) is 0.552. The standard InChI is InChI=1S/C23H22O7/c1-23(2,12-30-22(28)16-10-13(29-3)8-9-18(16)24)11-17-19(25)14-6-4-5-7-15(14)20(26)21(17)27/h4-10,24-25H,11-12H2,1-3H3. The van der Waals surface area contributed by atoms with Crippen molar-refractivity contribution in [2.75, 3.05) is 13.7 Å². The fourth-order valence-corrected chi connectivity index (χ4v) is 3.25. The first kappa shape index (κ1) is 21.1. The Morgan fingerprint density at radius 2 is 1.67 bits per heavy atom. The molecule has 3 rings (SSSR count). The van der Waals surface area contributed by atoms with Crippen LogP contribution >= 0.6 is 0 Å². The van der Waals surface area contributed by atoms with Gasteiger partial charge < -0.3 is 19.7 Å². The van der Waals surface area contributed by atoms with Gasteiger partial charge in [0.15, 0.2) is 0 Å². The van der Waals surface area contributed by atoms with Crippen LogP contribution in [0.25, 0.3) is 5.76 Å². The van der Waals surface area contributed by atoms with E-state index in [9.17, 15) is 24.6 Å². The number of hydrogen-bond acceptors (Lipinski definition) is 7. The molecule has 0 spiro atoms. The number of carbonyl (C=O) groups is 3. The number of benzene rings is 2. The zero-order valence-corrected chi connectivity index (χ0v) is 16.9. The molecule has 2 aromatic carbocycles. The topological polar surface area (TPSA) is 110 Å². The molecule has 0 heterocycles. The number of fused-ring (bicyclic) bond motifs is 1. The minimum absolute atomic E-state index is 0.0102. The van der Waals surface area contributed by atoms with Gasteiger partial charge in [-0.25, -0.2) is 4.79 Å². The number of hydrogen-bond donors (Lipinski definition) is 2. The highest BCUT2D eigenvalue weighted by Crippen LogP contribution is 2.35. The van der Waals surface area contributed by atoms with Gasteiger partial charge in [0.25, 0.3) is 0 Å². The first-order valence-corrected chi connectivity index (χ1v) is 9.29. The van der Waals surface area contributed by atoms with E-state index in [0.29, 0.717) is 11.3 Å². The number of ketones is 2. The summed E-state index contributed by atoms with van der Waals surface area (Å²) in [6.07, 6.45) is 0.0229. The smallest absolute Gasteiger partial charge is 0.342 e. The Balaban J connectivity index is 1.78. The summed E-state index contributed by atoms with van der Waals surface area (Å²) in [6, 6.07) is 10.6. The van der Waals surface area contributed by atoms with Crippen molar-refractivity contribution in [1.29, 1.82) is 0 Å². The first-order valence-electron chi connectivity index (χ1n) is 9.29. The molecule has 0 unspecified atom stereocenters. The molecule has 1 aliphatic rings. The number of Topliss-reactive ketones (excluding diaryl/α,β-unsaturated/α-hetero) is 2. The summed E-state index contributed by atoms with van der Waals surface area (Å²) in [6.45, 7) is 3.37. The Bertz CT molecular complexity index is 1060. The van der Waals surface area contributed by atoms with Gasteiger partial charge in [-0.1, -0.05) is 38.1 Å². The van der Waals surface area contributed by atoms with Gasteiger partial charge in [-0.05, 0) is 24.6 Å². The number of aliphatic hydroxyl groups excluding tert-OH is 1. The molecule has 7 nitrogen and oxygen atoms in total. The number of ether oxygens (including phenoxy) is 2. The predicted octanol–water partition coefficient (Wildman–Crippen LogP) is 3.71. The van der Waals surface area contributed by atoms with Crippen molar-refractivity contribution < 1.29 is 34.1 Å². The zero-order chi connectivity index (χ0) is 22.1. The SMILES string of the molecule is COc1ccc(O)c(C(=O)OCC(C)(C)CC2=C(O)c3ccccc3C(=O)C2=O)c1. The molecule has 0 aromatic heterocycles. The summed E-state index contributed by atoms with van der Waals surface area (Å²) in [7, 11) is 1.44. The fraction of sp³-hybridized carbons (Fsp3) is 0.261. The number of aliphatic hydroxyl groups is 1. The summed E-state index contributed by atoms with van der Waals surface area (Å²) >= 11 is 0. The average molecular weight is 410 g/mol. The molecule has 0 aliphatic heterocycles. The van der Waals surface area contributed by atoms with Gasteiger partial charge in [0.1, 0.15) is 22.8 Å².